The number of nitrogens with one attached hydrogen (secondary N) is 1. The molecule has 0 aliphatic heterocycles. The molecule has 0 aromatic carbocycles. The maximum Gasteiger partial charge on any atom is 0.279 e. The van der Waals surface area contributed by atoms with Crippen LogP contribution in [0.5, 0.6) is 0 Å². The highest BCUT2D eigenvalue weighted by Crippen LogP contribution is 2.23. The molecule has 1 aromatic rings. The van der Waals surface area contributed by atoms with Crippen molar-refractivity contribution < 1.29 is 8.42 Å². The summed E-state index contributed by atoms with van der Waals surface area (Å²) < 4.78 is 30.7. The predicted octanol–water partition coefficient (Wildman–Crippen LogP) is 1.37. The summed E-state index contributed by atoms with van der Waals surface area (Å²) in [4.78, 5) is 0. The lowest BCUT2D eigenvalue weighted by atomic mass is 9.96. The van der Waals surface area contributed by atoms with Gasteiger partial charge in [-0.25, -0.2) is 0 Å². The van der Waals surface area contributed by atoms with Gasteiger partial charge in [0.05, 0.1) is 6.54 Å². The van der Waals surface area contributed by atoms with Gasteiger partial charge in [0.15, 0.2) is 0 Å². The molecule has 6 nitrogen and oxygen atoms in total. The van der Waals surface area contributed by atoms with Crippen LogP contribution in [0.4, 0.5) is 0 Å². The fraction of sp³-hybridized carbons (Fsp3) is 0.769. The van der Waals surface area contributed by atoms with Gasteiger partial charge in [0, 0.05) is 31.5 Å². The van der Waals surface area contributed by atoms with Gasteiger partial charge in [-0.3, -0.25) is 4.68 Å². The first kappa shape index (κ1) is 15.5. The standard InChI is InChI=1S/C13H24N4O2S/c1-12(11-17-10-6-9-14-17)15-20(18,19)16(2)13-7-4-3-5-8-13/h6,9-10,12-13,15H,3-5,7-8,11H2,1-2H3/t12-/m0/s1. The Bertz CT molecular complexity index is 494. The van der Waals surface area contributed by atoms with Gasteiger partial charge in [-0.1, -0.05) is 19.3 Å². The molecule has 1 aliphatic rings. The van der Waals surface area contributed by atoms with Gasteiger partial charge in [0.1, 0.15) is 0 Å². The van der Waals surface area contributed by atoms with Gasteiger partial charge >= 0.3 is 0 Å². The van der Waals surface area contributed by atoms with Gasteiger partial charge in [0.2, 0.25) is 0 Å². The summed E-state index contributed by atoms with van der Waals surface area (Å²) >= 11 is 0. The zero-order valence-electron chi connectivity index (χ0n) is 12.2. The van der Waals surface area contributed by atoms with E-state index in [0.717, 1.165) is 25.7 Å². The summed E-state index contributed by atoms with van der Waals surface area (Å²) in [6.07, 6.45) is 8.90. The molecule has 0 radical (unpaired) electrons. The number of hydrogen-bond acceptors (Lipinski definition) is 3. The predicted molar refractivity (Wildman–Crippen MR) is 78.4 cm³/mol. The van der Waals surface area contributed by atoms with Gasteiger partial charge < -0.3 is 0 Å². The van der Waals surface area contributed by atoms with Crippen molar-refractivity contribution in [3.05, 3.63) is 18.5 Å². The molecule has 20 heavy (non-hydrogen) atoms. The lowest BCUT2D eigenvalue weighted by Crippen LogP contribution is -2.48. The summed E-state index contributed by atoms with van der Waals surface area (Å²) in [5, 5.41) is 4.09. The molecule has 1 fully saturated rings. The molecule has 1 heterocycles. The van der Waals surface area contributed by atoms with Crippen molar-refractivity contribution in [2.24, 2.45) is 0 Å². The van der Waals surface area contributed by atoms with Crippen molar-refractivity contribution in [3.8, 4) is 0 Å². The highest BCUT2D eigenvalue weighted by Gasteiger charge is 2.28. The number of hydrogen-bond donors (Lipinski definition) is 1. The van der Waals surface area contributed by atoms with Crippen LogP contribution in [-0.2, 0) is 16.8 Å². The Balaban J connectivity index is 1.91. The second kappa shape index (κ2) is 6.69. The maximum atomic E-state index is 12.4. The van der Waals surface area contributed by atoms with Crippen molar-refractivity contribution in [1.29, 1.82) is 0 Å². The zero-order valence-corrected chi connectivity index (χ0v) is 13.0. The molecule has 0 amide bonds. The number of rotatable bonds is 6. The van der Waals surface area contributed by atoms with E-state index in [9.17, 15) is 8.42 Å². The third-order valence-corrected chi connectivity index (χ3v) is 5.59. The molecule has 0 saturated heterocycles. The van der Waals surface area contributed by atoms with Gasteiger partial charge in [-0.05, 0) is 25.8 Å². The van der Waals surface area contributed by atoms with E-state index in [4.69, 9.17) is 0 Å². The molecule has 2 rings (SSSR count). The molecular weight excluding hydrogens is 276 g/mol. The van der Waals surface area contributed by atoms with Gasteiger partial charge in [-0.2, -0.15) is 22.5 Å². The first-order valence-corrected chi connectivity index (χ1v) is 8.66. The smallest absolute Gasteiger partial charge is 0.271 e. The second-order valence-electron chi connectivity index (χ2n) is 5.56. The fourth-order valence-electron chi connectivity index (χ4n) is 2.70. The van der Waals surface area contributed by atoms with Crippen LogP contribution in [0, 0.1) is 0 Å². The topological polar surface area (TPSA) is 67.2 Å². The molecule has 7 heteroatoms. The minimum atomic E-state index is -3.42. The van der Waals surface area contributed by atoms with E-state index < -0.39 is 10.2 Å². The van der Waals surface area contributed by atoms with E-state index >= 15 is 0 Å². The summed E-state index contributed by atoms with van der Waals surface area (Å²) in [6, 6.07) is 1.78. The number of aromatic nitrogens is 2. The van der Waals surface area contributed by atoms with Crippen LogP contribution in [0.1, 0.15) is 39.0 Å². The summed E-state index contributed by atoms with van der Waals surface area (Å²) in [7, 11) is -1.74. The molecule has 0 unspecified atom stereocenters. The van der Waals surface area contributed by atoms with Crippen LogP contribution in [0.2, 0.25) is 0 Å². The third-order valence-electron chi connectivity index (χ3n) is 3.84. The third kappa shape index (κ3) is 4.04. The Labute approximate surface area is 121 Å². The van der Waals surface area contributed by atoms with E-state index in [0.29, 0.717) is 6.54 Å². The molecule has 114 valence electrons. The lowest BCUT2D eigenvalue weighted by Gasteiger charge is -2.31. The van der Waals surface area contributed by atoms with E-state index in [-0.39, 0.29) is 12.1 Å². The Kier molecular flexibility index (Phi) is 5.17. The Hall–Kier alpha value is -0.920. The van der Waals surface area contributed by atoms with E-state index in [2.05, 4.69) is 9.82 Å². The Morgan fingerprint density at radius 2 is 2.10 bits per heavy atom. The molecular formula is C13H24N4O2S. The van der Waals surface area contributed by atoms with E-state index in [1.807, 2.05) is 19.2 Å². The maximum absolute atomic E-state index is 12.4. The van der Waals surface area contributed by atoms with Crippen molar-refractivity contribution >= 4 is 10.2 Å². The summed E-state index contributed by atoms with van der Waals surface area (Å²) in [6.45, 7) is 2.39. The molecule has 1 atom stereocenters. The second-order valence-corrected chi connectivity index (χ2v) is 7.32. The van der Waals surface area contributed by atoms with E-state index in [1.165, 1.54) is 10.7 Å². The largest absolute Gasteiger partial charge is 0.279 e. The first-order valence-electron chi connectivity index (χ1n) is 7.22. The van der Waals surface area contributed by atoms with Crippen LogP contribution in [0.25, 0.3) is 0 Å². The molecule has 1 aromatic heterocycles. The van der Waals surface area contributed by atoms with Crippen LogP contribution >= 0.6 is 0 Å². The SMILES string of the molecule is C[C@@H](Cn1cccn1)NS(=O)(=O)N(C)C1CCCCC1. The highest BCUT2D eigenvalue weighted by atomic mass is 32.2. The molecule has 1 saturated carbocycles. The number of nitrogens with zero attached hydrogens (tertiary/aromatic N) is 3. The van der Waals surface area contributed by atoms with Crippen LogP contribution in [-0.4, -0.2) is 41.6 Å². The summed E-state index contributed by atoms with van der Waals surface area (Å²) in [5.41, 5.74) is 0. The van der Waals surface area contributed by atoms with Crippen molar-refractivity contribution in [2.75, 3.05) is 7.05 Å². The molecule has 0 bridgehead atoms. The molecule has 0 spiro atoms. The van der Waals surface area contributed by atoms with Crippen LogP contribution in [0.3, 0.4) is 0 Å². The minimum absolute atomic E-state index is 0.137. The normalized spacial score (nSPS) is 19.4. The van der Waals surface area contributed by atoms with Crippen LogP contribution in [0.15, 0.2) is 18.5 Å². The first-order chi connectivity index (χ1) is 9.49. The zero-order chi connectivity index (χ0) is 14.6. The quantitative estimate of drug-likeness (QED) is 0.863. The highest BCUT2D eigenvalue weighted by molar-refractivity contribution is 7.87. The van der Waals surface area contributed by atoms with Crippen LogP contribution < -0.4 is 4.72 Å². The molecule has 1 aliphatic carbocycles. The minimum Gasteiger partial charge on any atom is -0.271 e. The van der Waals surface area contributed by atoms with Crippen molar-refractivity contribution in [1.82, 2.24) is 18.8 Å². The van der Waals surface area contributed by atoms with E-state index in [1.54, 1.807) is 17.9 Å². The van der Waals surface area contributed by atoms with Crippen molar-refractivity contribution in [2.45, 2.75) is 57.7 Å². The Morgan fingerprint density at radius 3 is 2.70 bits per heavy atom. The molecule has 1 N–H and O–H groups in total. The fourth-order valence-corrected chi connectivity index (χ4v) is 4.06. The average molecular weight is 300 g/mol. The van der Waals surface area contributed by atoms with Gasteiger partial charge in [-0.15, -0.1) is 0 Å². The summed E-state index contributed by atoms with van der Waals surface area (Å²) in [5.74, 6) is 0. The Morgan fingerprint density at radius 1 is 1.40 bits per heavy atom. The average Bonchev–Trinajstić information content (AvgIpc) is 2.91. The lowest BCUT2D eigenvalue weighted by molar-refractivity contribution is 0.281. The monoisotopic (exact) mass is 300 g/mol. The van der Waals surface area contributed by atoms with Gasteiger partial charge in [0.25, 0.3) is 10.2 Å². The van der Waals surface area contributed by atoms with Crippen molar-refractivity contribution in [3.63, 3.8) is 0 Å².